The third-order valence-corrected chi connectivity index (χ3v) is 7.64. The summed E-state index contributed by atoms with van der Waals surface area (Å²) >= 11 is 1.31. The number of carboxylic acids is 1. The van der Waals surface area contributed by atoms with Crippen molar-refractivity contribution in [3.05, 3.63) is 44.6 Å². The summed E-state index contributed by atoms with van der Waals surface area (Å²) in [4.78, 5) is 41.1. The van der Waals surface area contributed by atoms with Crippen molar-refractivity contribution in [1.29, 1.82) is 0 Å². The Morgan fingerprint density at radius 1 is 1.39 bits per heavy atom. The third kappa shape index (κ3) is 3.23. The number of nitro groups is 1. The summed E-state index contributed by atoms with van der Waals surface area (Å²) in [5, 5.41) is 33.8. The maximum Gasteiger partial charge on any atom is 1.00 e. The number of carbonyl (C=O) groups is 2. The van der Waals surface area contributed by atoms with Crippen molar-refractivity contribution in [2.24, 2.45) is 11.8 Å². The van der Waals surface area contributed by atoms with Gasteiger partial charge in [0.1, 0.15) is 5.01 Å². The van der Waals surface area contributed by atoms with Crippen LogP contribution in [-0.2, 0) is 9.59 Å². The van der Waals surface area contributed by atoms with Gasteiger partial charge in [0.2, 0.25) is 5.91 Å². The Morgan fingerprint density at radius 2 is 2.13 bits per heavy atom. The van der Waals surface area contributed by atoms with E-state index in [4.69, 9.17) is 0 Å². The minimum atomic E-state index is -1.39. The first kappa shape index (κ1) is 22.3. The van der Waals surface area contributed by atoms with Gasteiger partial charge in [0.05, 0.1) is 44.9 Å². The molecule has 1 aromatic heterocycles. The number of thiazole rings is 1. The van der Waals surface area contributed by atoms with Gasteiger partial charge >= 0.3 is 29.6 Å². The number of β-lactam (4-membered cyclic amide) rings is 1. The van der Waals surface area contributed by atoms with Crippen molar-refractivity contribution in [3.8, 4) is 0 Å². The molecular formula is C20H18N3NaO6S. The minimum Gasteiger partial charge on any atom is -0.543 e. The summed E-state index contributed by atoms with van der Waals surface area (Å²) in [5.74, 6) is -2.83. The van der Waals surface area contributed by atoms with Crippen molar-refractivity contribution in [3.63, 3.8) is 0 Å². The second-order valence-corrected chi connectivity index (χ2v) is 9.17. The average molecular weight is 451 g/mol. The molecule has 9 nitrogen and oxygen atoms in total. The molecule has 1 saturated heterocycles. The molecule has 3 heterocycles. The molecule has 11 heteroatoms. The number of amides is 1. The van der Waals surface area contributed by atoms with E-state index >= 15 is 0 Å². The van der Waals surface area contributed by atoms with E-state index in [2.05, 4.69) is 4.98 Å². The Morgan fingerprint density at radius 3 is 2.77 bits per heavy atom. The molecule has 156 valence electrons. The normalized spacial score (nSPS) is 27.9. The molecular weight excluding hydrogens is 433 g/mol. The summed E-state index contributed by atoms with van der Waals surface area (Å²) in [6, 6.07) is 4.10. The minimum absolute atomic E-state index is 0. The van der Waals surface area contributed by atoms with Gasteiger partial charge in [-0.25, -0.2) is 4.98 Å². The fourth-order valence-corrected chi connectivity index (χ4v) is 6.48. The summed E-state index contributed by atoms with van der Waals surface area (Å²) in [7, 11) is 0. The number of fused-ring (bicyclic) bond motifs is 4. The van der Waals surface area contributed by atoms with Crippen LogP contribution in [-0.4, -0.2) is 43.9 Å². The zero-order chi connectivity index (χ0) is 21.3. The Balaban J connectivity index is 0.00000231. The van der Waals surface area contributed by atoms with E-state index in [-0.39, 0.29) is 64.7 Å². The number of aliphatic hydroxyl groups excluding tert-OH is 1. The molecule has 2 aromatic rings. The number of aliphatic hydroxyl groups is 1. The maximum absolute atomic E-state index is 12.6. The molecule has 1 aromatic carbocycles. The number of benzene rings is 1. The zero-order valence-corrected chi connectivity index (χ0v) is 19.8. The van der Waals surface area contributed by atoms with Gasteiger partial charge in [-0.3, -0.25) is 14.9 Å². The van der Waals surface area contributed by atoms with Crippen LogP contribution in [0.4, 0.5) is 5.69 Å². The van der Waals surface area contributed by atoms with Crippen LogP contribution in [0.15, 0.2) is 29.5 Å². The molecule has 2 aliphatic heterocycles. The molecule has 2 fully saturated rings. The monoisotopic (exact) mass is 451 g/mol. The summed E-state index contributed by atoms with van der Waals surface area (Å²) in [6.45, 7) is 1.55. The molecule has 5 rings (SSSR count). The van der Waals surface area contributed by atoms with Crippen LogP contribution >= 0.6 is 11.3 Å². The van der Waals surface area contributed by atoms with E-state index < -0.39 is 22.9 Å². The van der Waals surface area contributed by atoms with Gasteiger partial charge < -0.3 is 19.9 Å². The van der Waals surface area contributed by atoms with Crippen LogP contribution in [0.3, 0.4) is 0 Å². The van der Waals surface area contributed by atoms with Crippen LogP contribution in [0, 0.1) is 22.0 Å². The number of hydrogen-bond acceptors (Lipinski definition) is 8. The number of nitrogens with zero attached hydrogens (tertiary/aromatic N) is 3. The fourth-order valence-electron chi connectivity index (χ4n) is 5.33. The maximum atomic E-state index is 12.6. The molecule has 0 unspecified atom stereocenters. The van der Waals surface area contributed by atoms with Gasteiger partial charge in [0.15, 0.2) is 0 Å². The van der Waals surface area contributed by atoms with E-state index in [1.165, 1.54) is 28.4 Å². The molecule has 0 radical (unpaired) electrons. The van der Waals surface area contributed by atoms with Gasteiger partial charge in [-0.2, -0.15) is 0 Å². The summed E-state index contributed by atoms with van der Waals surface area (Å²) in [5.41, 5.74) is 1.17. The van der Waals surface area contributed by atoms with Crippen LogP contribution in [0.25, 0.3) is 10.2 Å². The van der Waals surface area contributed by atoms with Gasteiger partial charge in [-0.05, 0) is 31.4 Å². The number of nitro benzene ring substituents is 1. The van der Waals surface area contributed by atoms with Crippen LogP contribution in [0.1, 0.15) is 37.1 Å². The van der Waals surface area contributed by atoms with Gasteiger partial charge in [-0.1, -0.05) is 6.42 Å². The second kappa shape index (κ2) is 7.93. The Kier molecular flexibility index (Phi) is 5.72. The van der Waals surface area contributed by atoms with Crippen molar-refractivity contribution in [1.82, 2.24) is 9.88 Å². The van der Waals surface area contributed by atoms with Crippen molar-refractivity contribution in [2.75, 3.05) is 0 Å². The Bertz CT molecular complexity index is 1150. The third-order valence-electron chi connectivity index (χ3n) is 6.51. The first-order chi connectivity index (χ1) is 14.3. The first-order valence-corrected chi connectivity index (χ1v) is 10.6. The largest absolute Gasteiger partial charge is 1.00 e. The predicted molar refractivity (Wildman–Crippen MR) is 104 cm³/mol. The molecule has 1 amide bonds. The number of aromatic nitrogens is 1. The fraction of sp³-hybridized carbons (Fsp3) is 0.450. The molecule has 1 N–H and O–H groups in total. The number of carboxylic acid groups (broad SMARTS) is 1. The van der Waals surface area contributed by atoms with Gasteiger partial charge in [0.25, 0.3) is 5.69 Å². The number of rotatable bonds is 4. The summed E-state index contributed by atoms with van der Waals surface area (Å²) < 4.78 is 0.663. The van der Waals surface area contributed by atoms with E-state index in [0.29, 0.717) is 27.2 Å². The number of aliphatic carboxylic acids is 1. The van der Waals surface area contributed by atoms with Crippen LogP contribution in [0.5, 0.6) is 0 Å². The summed E-state index contributed by atoms with van der Waals surface area (Å²) in [6.07, 6.45) is 1.39. The van der Waals surface area contributed by atoms with Gasteiger partial charge in [-0.15, -0.1) is 11.3 Å². The number of carbonyl (C=O) groups excluding carboxylic acids is 2. The van der Waals surface area contributed by atoms with Gasteiger partial charge in [0, 0.05) is 24.0 Å². The van der Waals surface area contributed by atoms with E-state index in [9.17, 15) is 29.9 Å². The first-order valence-electron chi connectivity index (χ1n) is 9.81. The molecule has 1 aliphatic carbocycles. The van der Waals surface area contributed by atoms with Crippen LogP contribution in [0.2, 0.25) is 0 Å². The average Bonchev–Trinajstić information content (AvgIpc) is 3.24. The Labute approximate surface area is 203 Å². The van der Waals surface area contributed by atoms with E-state index in [1.54, 1.807) is 13.0 Å². The number of hydrogen-bond donors (Lipinski definition) is 1. The quantitative estimate of drug-likeness (QED) is 0.254. The number of non-ortho nitro benzene ring substituents is 1. The molecule has 31 heavy (non-hydrogen) atoms. The second-order valence-electron chi connectivity index (χ2n) is 8.11. The standard InChI is InChI=1S/C20H19N3O6S.Na/c1-8(24)14-16-10-3-2-4-11(15(10)17(20(26)27)22(16)19(14)25)18-21-12-6-5-9(23(28)29)7-13(12)30-18;/h5-8,10-11,14,16,24H,2-4H2,1H3,(H,26,27);/q;+1/p-1/t8-,10+,11+,14-,16-;/m1./s1. The van der Waals surface area contributed by atoms with Crippen molar-refractivity contribution >= 4 is 39.1 Å². The molecule has 3 aliphatic rings. The van der Waals surface area contributed by atoms with Crippen LogP contribution < -0.4 is 34.7 Å². The van der Waals surface area contributed by atoms with Crippen molar-refractivity contribution in [2.45, 2.75) is 44.2 Å². The van der Waals surface area contributed by atoms with E-state index in [0.717, 1.165) is 12.8 Å². The SMILES string of the molecule is C[C@@H](O)[C@H]1C(=O)N2C(C(=O)[O-])=C3[C@@H](c4nc5ccc([N+](=O)[O-])cc5s4)CCC[C@@H]3[C@H]12.[Na+]. The Hall–Kier alpha value is -1.85. The molecule has 0 spiro atoms. The van der Waals surface area contributed by atoms with Crippen molar-refractivity contribution < 1.29 is 54.3 Å². The smallest absolute Gasteiger partial charge is 0.543 e. The predicted octanol–water partition coefficient (Wildman–Crippen LogP) is -1.68. The molecule has 5 atom stereocenters. The molecule has 0 bridgehead atoms. The molecule has 1 saturated carbocycles. The van der Waals surface area contributed by atoms with E-state index in [1.807, 2.05) is 0 Å². The topological polar surface area (TPSA) is 137 Å². The zero-order valence-electron chi connectivity index (χ0n) is 17.0.